The van der Waals surface area contributed by atoms with Crippen molar-refractivity contribution in [2.75, 3.05) is 19.6 Å². The van der Waals surface area contributed by atoms with E-state index < -0.39 is 5.60 Å². The normalized spacial score (nSPS) is 22.2. The Morgan fingerprint density at radius 1 is 1.47 bits per heavy atom. The number of carbonyl (C=O) groups is 1. The second kappa shape index (κ2) is 6.24. The molecule has 1 aliphatic heterocycles. The molecule has 1 atom stereocenters. The molecule has 0 aliphatic carbocycles. The fraction of sp³-hybridized carbons (Fsp3) is 0.923. The van der Waals surface area contributed by atoms with E-state index in [-0.39, 0.29) is 12.1 Å². The van der Waals surface area contributed by atoms with Gasteiger partial charge in [-0.25, -0.2) is 4.79 Å². The van der Waals surface area contributed by atoms with Crippen LogP contribution in [0.3, 0.4) is 0 Å². The number of alkyl carbamates (subject to hydrolysis) is 1. The fourth-order valence-corrected chi connectivity index (χ4v) is 2.17. The van der Waals surface area contributed by atoms with Crippen molar-refractivity contribution in [3.63, 3.8) is 0 Å². The Bertz CT molecular complexity index is 246. The molecule has 1 N–H and O–H groups in total. The van der Waals surface area contributed by atoms with Gasteiger partial charge in [-0.3, -0.25) is 0 Å². The van der Waals surface area contributed by atoms with E-state index in [1.165, 1.54) is 6.42 Å². The number of hydrogen-bond donors (Lipinski definition) is 1. The first-order valence-electron chi connectivity index (χ1n) is 6.62. The summed E-state index contributed by atoms with van der Waals surface area (Å²) in [4.78, 5) is 14.0. The molecular formula is C13H26N2O2. The minimum atomic E-state index is -0.415. The van der Waals surface area contributed by atoms with Crippen LogP contribution >= 0.6 is 0 Å². The van der Waals surface area contributed by atoms with Crippen LogP contribution in [0, 0.1) is 0 Å². The van der Waals surface area contributed by atoms with Gasteiger partial charge in [0.15, 0.2) is 0 Å². The predicted molar refractivity (Wildman–Crippen MR) is 69.1 cm³/mol. The van der Waals surface area contributed by atoms with E-state index in [1.807, 2.05) is 20.8 Å². The van der Waals surface area contributed by atoms with Gasteiger partial charge in [-0.2, -0.15) is 0 Å². The van der Waals surface area contributed by atoms with Gasteiger partial charge in [0.1, 0.15) is 5.60 Å². The summed E-state index contributed by atoms with van der Waals surface area (Å²) in [5.74, 6) is 0. The van der Waals surface area contributed by atoms with Crippen LogP contribution in [0.25, 0.3) is 0 Å². The molecule has 4 heteroatoms. The smallest absolute Gasteiger partial charge is 0.407 e. The number of amides is 1. The van der Waals surface area contributed by atoms with Crippen molar-refractivity contribution in [3.8, 4) is 0 Å². The minimum absolute atomic E-state index is 0.241. The molecule has 0 radical (unpaired) electrons. The van der Waals surface area contributed by atoms with Crippen molar-refractivity contribution >= 4 is 6.09 Å². The number of nitrogens with zero attached hydrogens (tertiary/aromatic N) is 1. The maximum atomic E-state index is 11.6. The molecular weight excluding hydrogens is 216 g/mol. The molecule has 17 heavy (non-hydrogen) atoms. The second-order valence-electron chi connectivity index (χ2n) is 5.79. The molecule has 0 spiro atoms. The predicted octanol–water partition coefficient (Wildman–Crippen LogP) is 2.39. The fourth-order valence-electron chi connectivity index (χ4n) is 2.17. The van der Waals surface area contributed by atoms with Gasteiger partial charge in [-0.1, -0.05) is 6.92 Å². The Morgan fingerprint density at radius 3 is 2.76 bits per heavy atom. The monoisotopic (exact) mass is 242 g/mol. The first-order chi connectivity index (χ1) is 7.90. The molecule has 0 aromatic rings. The molecule has 1 heterocycles. The lowest BCUT2D eigenvalue weighted by Crippen LogP contribution is -2.48. The lowest BCUT2D eigenvalue weighted by Gasteiger charge is -2.33. The van der Waals surface area contributed by atoms with E-state index in [0.717, 1.165) is 32.5 Å². The van der Waals surface area contributed by atoms with Crippen LogP contribution in [-0.2, 0) is 4.74 Å². The molecule has 1 unspecified atom stereocenters. The van der Waals surface area contributed by atoms with Crippen LogP contribution < -0.4 is 5.32 Å². The van der Waals surface area contributed by atoms with E-state index in [4.69, 9.17) is 4.74 Å². The molecule has 0 aromatic carbocycles. The Labute approximate surface area is 105 Å². The van der Waals surface area contributed by atoms with Gasteiger partial charge >= 0.3 is 6.09 Å². The first kappa shape index (κ1) is 14.3. The standard InChI is InChI=1S/C13H26N2O2/c1-5-8-15-9-6-7-11(10-15)14-12(16)17-13(2,3)4/h11H,5-10H2,1-4H3,(H,14,16). The van der Waals surface area contributed by atoms with E-state index in [2.05, 4.69) is 17.1 Å². The highest BCUT2D eigenvalue weighted by Gasteiger charge is 2.23. The molecule has 0 saturated carbocycles. The maximum absolute atomic E-state index is 11.6. The maximum Gasteiger partial charge on any atom is 0.407 e. The molecule has 1 fully saturated rings. The number of ether oxygens (including phenoxy) is 1. The van der Waals surface area contributed by atoms with E-state index in [1.54, 1.807) is 0 Å². The number of nitrogens with one attached hydrogen (secondary N) is 1. The zero-order valence-corrected chi connectivity index (χ0v) is 11.6. The number of carbonyl (C=O) groups excluding carboxylic acids is 1. The third kappa shape index (κ3) is 5.91. The second-order valence-corrected chi connectivity index (χ2v) is 5.79. The van der Waals surface area contributed by atoms with Gasteiger partial charge in [0, 0.05) is 12.6 Å². The summed E-state index contributed by atoms with van der Waals surface area (Å²) in [6, 6.07) is 0.241. The zero-order chi connectivity index (χ0) is 12.9. The summed E-state index contributed by atoms with van der Waals surface area (Å²) in [7, 11) is 0. The summed E-state index contributed by atoms with van der Waals surface area (Å²) in [5.41, 5.74) is -0.415. The highest BCUT2D eigenvalue weighted by molar-refractivity contribution is 5.68. The Hall–Kier alpha value is -0.770. The van der Waals surface area contributed by atoms with Crippen LogP contribution in [0.1, 0.15) is 47.0 Å². The Balaban J connectivity index is 2.33. The minimum Gasteiger partial charge on any atom is -0.444 e. The number of hydrogen-bond acceptors (Lipinski definition) is 3. The average Bonchev–Trinajstić information content (AvgIpc) is 2.15. The molecule has 1 aliphatic rings. The van der Waals surface area contributed by atoms with Crippen LogP contribution in [-0.4, -0.2) is 42.3 Å². The number of likely N-dealkylation sites (tertiary alicyclic amines) is 1. The quantitative estimate of drug-likeness (QED) is 0.826. The highest BCUT2D eigenvalue weighted by atomic mass is 16.6. The third-order valence-electron chi connectivity index (χ3n) is 2.77. The van der Waals surface area contributed by atoms with Gasteiger partial charge in [0.2, 0.25) is 0 Å². The van der Waals surface area contributed by atoms with Gasteiger partial charge < -0.3 is 15.0 Å². The summed E-state index contributed by atoms with van der Waals surface area (Å²) in [6.45, 7) is 11.1. The largest absolute Gasteiger partial charge is 0.444 e. The first-order valence-corrected chi connectivity index (χ1v) is 6.62. The molecule has 4 nitrogen and oxygen atoms in total. The topological polar surface area (TPSA) is 41.6 Å². The molecule has 0 aromatic heterocycles. The molecule has 1 rings (SSSR count). The molecule has 100 valence electrons. The van der Waals surface area contributed by atoms with Crippen LogP contribution in [0.15, 0.2) is 0 Å². The van der Waals surface area contributed by atoms with Gasteiger partial charge in [-0.15, -0.1) is 0 Å². The summed E-state index contributed by atoms with van der Waals surface area (Å²) < 4.78 is 5.27. The van der Waals surface area contributed by atoms with E-state index in [9.17, 15) is 4.79 Å². The molecule has 0 bridgehead atoms. The van der Waals surface area contributed by atoms with Crippen molar-refractivity contribution in [2.45, 2.75) is 58.6 Å². The lowest BCUT2D eigenvalue weighted by atomic mass is 10.1. The van der Waals surface area contributed by atoms with E-state index >= 15 is 0 Å². The van der Waals surface area contributed by atoms with Gasteiger partial charge in [0.25, 0.3) is 0 Å². The summed E-state index contributed by atoms with van der Waals surface area (Å²) >= 11 is 0. The van der Waals surface area contributed by atoms with Crippen molar-refractivity contribution in [1.82, 2.24) is 10.2 Å². The third-order valence-corrected chi connectivity index (χ3v) is 2.77. The summed E-state index contributed by atoms with van der Waals surface area (Å²) in [5, 5.41) is 2.96. The van der Waals surface area contributed by atoms with Crippen molar-refractivity contribution < 1.29 is 9.53 Å². The molecule has 1 saturated heterocycles. The van der Waals surface area contributed by atoms with Crippen LogP contribution in [0.2, 0.25) is 0 Å². The summed E-state index contributed by atoms with van der Waals surface area (Å²) in [6.07, 6.45) is 3.08. The number of rotatable bonds is 3. The molecule has 1 amide bonds. The van der Waals surface area contributed by atoms with Crippen LogP contribution in [0.5, 0.6) is 0 Å². The van der Waals surface area contributed by atoms with E-state index in [0.29, 0.717) is 0 Å². The van der Waals surface area contributed by atoms with Gasteiger partial charge in [0.05, 0.1) is 0 Å². The number of piperidine rings is 1. The Morgan fingerprint density at radius 2 is 2.18 bits per heavy atom. The van der Waals surface area contributed by atoms with Crippen molar-refractivity contribution in [1.29, 1.82) is 0 Å². The zero-order valence-electron chi connectivity index (χ0n) is 11.6. The SMILES string of the molecule is CCCN1CCCC(NC(=O)OC(C)(C)C)C1. The van der Waals surface area contributed by atoms with Crippen LogP contribution in [0.4, 0.5) is 4.79 Å². The lowest BCUT2D eigenvalue weighted by molar-refractivity contribution is 0.0472. The van der Waals surface area contributed by atoms with Gasteiger partial charge in [-0.05, 0) is 53.1 Å². The Kier molecular flexibility index (Phi) is 5.25. The van der Waals surface area contributed by atoms with Crippen molar-refractivity contribution in [3.05, 3.63) is 0 Å². The highest BCUT2D eigenvalue weighted by Crippen LogP contribution is 2.12. The van der Waals surface area contributed by atoms with Crippen molar-refractivity contribution in [2.24, 2.45) is 0 Å². The average molecular weight is 242 g/mol.